The molecule has 1 N–H and O–H groups in total. The van der Waals surface area contributed by atoms with Crippen LogP contribution >= 0.6 is 27.5 Å². The summed E-state index contributed by atoms with van der Waals surface area (Å²) in [6.07, 6.45) is 3.51. The molecule has 2 saturated heterocycles. The predicted molar refractivity (Wildman–Crippen MR) is 164 cm³/mol. The summed E-state index contributed by atoms with van der Waals surface area (Å²) >= 11 is 9.81. The summed E-state index contributed by atoms with van der Waals surface area (Å²) in [6, 6.07) is 14.4. The van der Waals surface area contributed by atoms with Gasteiger partial charge in [0.1, 0.15) is 0 Å². The molecule has 2 aromatic carbocycles. The lowest BCUT2D eigenvalue weighted by molar-refractivity contribution is 0.0599. The Hall–Kier alpha value is -1.90. The molecule has 210 valence electrons. The van der Waals surface area contributed by atoms with Crippen LogP contribution in [-0.2, 0) is 4.74 Å². The van der Waals surface area contributed by atoms with E-state index >= 15 is 0 Å². The van der Waals surface area contributed by atoms with Gasteiger partial charge in [-0.05, 0) is 82.1 Å². The van der Waals surface area contributed by atoms with Gasteiger partial charge in [-0.15, -0.1) is 0 Å². The van der Waals surface area contributed by atoms with E-state index in [2.05, 4.69) is 55.0 Å². The second-order valence-electron chi connectivity index (χ2n) is 11.5. The number of carbonyl (C=O) groups is 1. The highest BCUT2D eigenvalue weighted by molar-refractivity contribution is 9.10. The van der Waals surface area contributed by atoms with Crippen LogP contribution in [0.15, 0.2) is 52.5 Å². The van der Waals surface area contributed by atoms with E-state index in [0.29, 0.717) is 5.56 Å². The van der Waals surface area contributed by atoms with Gasteiger partial charge in [0.25, 0.3) is 0 Å². The molecule has 0 bridgehead atoms. The summed E-state index contributed by atoms with van der Waals surface area (Å²) < 4.78 is 5.66. The van der Waals surface area contributed by atoms with Gasteiger partial charge in [-0.2, -0.15) is 0 Å². The van der Waals surface area contributed by atoms with Crippen molar-refractivity contribution >= 4 is 44.8 Å². The Balaban J connectivity index is 1.27. The number of methoxy groups -OCH3 is 1. The SMILES string of the molecule is COC(=O)c1ccc(N2CCN(CC3=C(c4ccc(Cl)cc4)CC(C)(CN4CCNCC4)CC3)CC2)cc1Br. The highest BCUT2D eigenvalue weighted by Gasteiger charge is 2.34. The summed E-state index contributed by atoms with van der Waals surface area (Å²) in [5.74, 6) is -0.320. The van der Waals surface area contributed by atoms with Crippen molar-refractivity contribution in [2.75, 3.05) is 77.5 Å². The van der Waals surface area contributed by atoms with E-state index in [-0.39, 0.29) is 11.4 Å². The zero-order valence-corrected chi connectivity index (χ0v) is 25.5. The average Bonchev–Trinajstić information content (AvgIpc) is 2.95. The van der Waals surface area contributed by atoms with Crippen LogP contribution in [0.2, 0.25) is 5.02 Å². The number of hydrogen-bond acceptors (Lipinski definition) is 6. The first kappa shape index (κ1) is 28.6. The summed E-state index contributed by atoms with van der Waals surface area (Å²) in [5, 5.41) is 4.28. The molecular formula is C31H40BrClN4O2. The number of nitrogens with zero attached hydrogens (tertiary/aromatic N) is 3. The molecule has 8 heteroatoms. The molecule has 2 aromatic rings. The zero-order chi connectivity index (χ0) is 27.4. The number of piperazine rings is 2. The van der Waals surface area contributed by atoms with Crippen molar-refractivity contribution in [1.82, 2.24) is 15.1 Å². The zero-order valence-electron chi connectivity index (χ0n) is 23.1. The maximum absolute atomic E-state index is 12.0. The third-order valence-electron chi connectivity index (χ3n) is 8.58. The van der Waals surface area contributed by atoms with Gasteiger partial charge in [0.15, 0.2) is 0 Å². The molecule has 0 amide bonds. The number of ether oxygens (including phenoxy) is 1. The molecule has 39 heavy (non-hydrogen) atoms. The molecule has 5 rings (SSSR count). The highest BCUT2D eigenvalue weighted by Crippen LogP contribution is 2.44. The Morgan fingerprint density at radius 1 is 1.03 bits per heavy atom. The van der Waals surface area contributed by atoms with Gasteiger partial charge in [0, 0.05) is 80.6 Å². The first-order valence-electron chi connectivity index (χ1n) is 14.1. The molecule has 3 aliphatic rings. The van der Waals surface area contributed by atoms with Gasteiger partial charge in [-0.1, -0.05) is 36.2 Å². The van der Waals surface area contributed by atoms with Gasteiger partial charge < -0.3 is 19.9 Å². The number of nitrogens with one attached hydrogen (secondary N) is 1. The van der Waals surface area contributed by atoms with Gasteiger partial charge in [-0.3, -0.25) is 4.90 Å². The first-order chi connectivity index (χ1) is 18.8. The Morgan fingerprint density at radius 2 is 1.74 bits per heavy atom. The molecule has 0 spiro atoms. The summed E-state index contributed by atoms with van der Waals surface area (Å²) in [6.45, 7) is 13.1. The Kier molecular flexibility index (Phi) is 9.35. The van der Waals surface area contributed by atoms with Crippen LogP contribution in [0.5, 0.6) is 0 Å². The molecule has 0 saturated carbocycles. The average molecular weight is 616 g/mol. The minimum Gasteiger partial charge on any atom is -0.465 e. The van der Waals surface area contributed by atoms with E-state index in [9.17, 15) is 4.79 Å². The second kappa shape index (κ2) is 12.7. The van der Waals surface area contributed by atoms with Crippen molar-refractivity contribution in [2.24, 2.45) is 5.41 Å². The van der Waals surface area contributed by atoms with Crippen LogP contribution in [0.3, 0.4) is 0 Å². The topological polar surface area (TPSA) is 48.1 Å². The number of halogens is 2. The maximum Gasteiger partial charge on any atom is 0.339 e. The standard InChI is InChI=1S/C31H40BrClN4O2/c1-31(22-36-13-11-34-12-14-36)10-9-24(28(20-31)23-3-5-25(33)6-4-23)21-35-15-17-37(18-16-35)26-7-8-27(29(32)19-26)30(38)39-2/h3-8,19,34H,9-18,20-22H2,1-2H3. The molecule has 1 aliphatic carbocycles. The Morgan fingerprint density at radius 3 is 2.41 bits per heavy atom. The molecule has 1 unspecified atom stereocenters. The molecule has 2 fully saturated rings. The fourth-order valence-corrected chi connectivity index (χ4v) is 6.98. The quantitative estimate of drug-likeness (QED) is 0.412. The number of allylic oxidation sites excluding steroid dienone is 1. The van der Waals surface area contributed by atoms with E-state index < -0.39 is 0 Å². The number of esters is 1. The maximum atomic E-state index is 12.0. The largest absolute Gasteiger partial charge is 0.465 e. The van der Waals surface area contributed by atoms with Gasteiger partial charge in [0.05, 0.1) is 12.7 Å². The number of hydrogen-bond donors (Lipinski definition) is 1. The lowest BCUT2D eigenvalue weighted by Crippen LogP contribution is -2.48. The predicted octanol–water partition coefficient (Wildman–Crippen LogP) is 5.56. The lowest BCUT2D eigenvalue weighted by atomic mass is 9.70. The normalized spacial score (nSPS) is 23.2. The molecule has 2 heterocycles. The first-order valence-corrected chi connectivity index (χ1v) is 15.3. The smallest absolute Gasteiger partial charge is 0.339 e. The van der Waals surface area contributed by atoms with Crippen LogP contribution < -0.4 is 10.2 Å². The summed E-state index contributed by atoms with van der Waals surface area (Å²) in [7, 11) is 1.41. The van der Waals surface area contributed by atoms with Crippen molar-refractivity contribution < 1.29 is 9.53 Å². The third-order valence-corrected chi connectivity index (χ3v) is 9.49. The molecule has 1 atom stereocenters. The van der Waals surface area contributed by atoms with Crippen LogP contribution in [0.4, 0.5) is 5.69 Å². The fourth-order valence-electron chi connectivity index (χ4n) is 6.33. The number of anilines is 1. The summed E-state index contributed by atoms with van der Waals surface area (Å²) in [5.41, 5.74) is 6.43. The van der Waals surface area contributed by atoms with E-state index in [1.807, 2.05) is 30.3 Å². The van der Waals surface area contributed by atoms with Crippen LogP contribution in [-0.4, -0.2) is 88.3 Å². The number of carbonyl (C=O) groups excluding carboxylic acids is 1. The minimum absolute atomic E-state index is 0.290. The molecular weight excluding hydrogens is 576 g/mol. The molecule has 2 aliphatic heterocycles. The van der Waals surface area contributed by atoms with Crippen LogP contribution in [0.25, 0.3) is 5.57 Å². The van der Waals surface area contributed by atoms with Crippen molar-refractivity contribution in [3.63, 3.8) is 0 Å². The Labute approximate surface area is 246 Å². The van der Waals surface area contributed by atoms with Crippen molar-refractivity contribution in [2.45, 2.75) is 26.2 Å². The van der Waals surface area contributed by atoms with E-state index in [1.165, 1.54) is 31.2 Å². The third kappa shape index (κ3) is 7.06. The number of benzene rings is 2. The van der Waals surface area contributed by atoms with E-state index in [1.54, 1.807) is 5.57 Å². The van der Waals surface area contributed by atoms with Gasteiger partial charge >= 0.3 is 5.97 Å². The van der Waals surface area contributed by atoms with Crippen LogP contribution in [0.1, 0.15) is 42.1 Å². The number of rotatable bonds is 7. The van der Waals surface area contributed by atoms with Crippen LogP contribution in [0, 0.1) is 5.41 Å². The second-order valence-corrected chi connectivity index (χ2v) is 12.8. The van der Waals surface area contributed by atoms with Gasteiger partial charge in [-0.25, -0.2) is 4.79 Å². The monoisotopic (exact) mass is 614 g/mol. The van der Waals surface area contributed by atoms with Crippen molar-refractivity contribution in [3.8, 4) is 0 Å². The molecule has 0 radical (unpaired) electrons. The van der Waals surface area contributed by atoms with Crippen molar-refractivity contribution in [1.29, 1.82) is 0 Å². The Bertz CT molecular complexity index is 1190. The van der Waals surface area contributed by atoms with Gasteiger partial charge in [0.2, 0.25) is 0 Å². The lowest BCUT2D eigenvalue weighted by Gasteiger charge is -2.43. The van der Waals surface area contributed by atoms with E-state index in [0.717, 1.165) is 86.9 Å². The minimum atomic E-state index is -0.320. The molecule has 6 nitrogen and oxygen atoms in total. The van der Waals surface area contributed by atoms with E-state index in [4.69, 9.17) is 16.3 Å². The fraction of sp³-hybridized carbons (Fsp3) is 0.516. The molecule has 0 aromatic heterocycles. The van der Waals surface area contributed by atoms with Crippen molar-refractivity contribution in [3.05, 3.63) is 68.7 Å². The summed E-state index contributed by atoms with van der Waals surface area (Å²) in [4.78, 5) is 19.6. The highest BCUT2D eigenvalue weighted by atomic mass is 79.9.